The van der Waals surface area contributed by atoms with Crippen molar-refractivity contribution in [2.24, 2.45) is 0 Å². The van der Waals surface area contributed by atoms with Crippen LogP contribution < -0.4 is 10.1 Å². The molecule has 1 amide bonds. The van der Waals surface area contributed by atoms with Gasteiger partial charge in [-0.1, -0.05) is 38.1 Å². The molecule has 1 aromatic heterocycles. The van der Waals surface area contributed by atoms with E-state index in [2.05, 4.69) is 19.2 Å². The van der Waals surface area contributed by atoms with E-state index in [1.165, 1.54) is 0 Å². The van der Waals surface area contributed by atoms with Crippen molar-refractivity contribution in [3.8, 4) is 17.1 Å². The second-order valence-corrected chi connectivity index (χ2v) is 7.04. The van der Waals surface area contributed by atoms with E-state index < -0.39 is 0 Å². The Hall–Kier alpha value is -3.05. The first kappa shape index (κ1) is 19.7. The summed E-state index contributed by atoms with van der Waals surface area (Å²) in [6.45, 7) is 5.98. The first-order valence-electron chi connectivity index (χ1n) is 9.29. The molecule has 0 aliphatic heterocycles. The maximum atomic E-state index is 12.4. The zero-order valence-corrected chi connectivity index (χ0v) is 16.4. The Bertz CT molecular complexity index is 959. The van der Waals surface area contributed by atoms with Crippen LogP contribution in [-0.4, -0.2) is 17.6 Å². The number of aryl methyl sites for hydroxylation is 1. The first-order chi connectivity index (χ1) is 13.5. The number of carbonyl (C=O) groups excluding carboxylic acids is 1. The van der Waals surface area contributed by atoms with Gasteiger partial charge in [0.25, 0.3) is 5.91 Å². The van der Waals surface area contributed by atoms with Gasteiger partial charge in [-0.15, -0.1) is 0 Å². The van der Waals surface area contributed by atoms with Crippen LogP contribution in [0, 0.1) is 6.92 Å². The van der Waals surface area contributed by atoms with Crippen molar-refractivity contribution in [2.75, 3.05) is 11.9 Å². The first-order valence-corrected chi connectivity index (χ1v) is 9.29. The Morgan fingerprint density at radius 3 is 2.68 bits per heavy atom. The van der Waals surface area contributed by atoms with Crippen LogP contribution in [0.25, 0.3) is 11.3 Å². The van der Waals surface area contributed by atoms with Crippen molar-refractivity contribution in [3.05, 3.63) is 71.5 Å². The summed E-state index contributed by atoms with van der Waals surface area (Å²) in [6.07, 6.45) is 0. The minimum atomic E-state index is -0.233. The predicted octanol–water partition coefficient (Wildman–Crippen LogP) is 4.89. The number of amides is 1. The number of rotatable bonds is 7. The minimum absolute atomic E-state index is 0.0667. The summed E-state index contributed by atoms with van der Waals surface area (Å²) >= 11 is 0. The van der Waals surface area contributed by atoms with Crippen molar-refractivity contribution in [1.82, 2.24) is 0 Å². The normalized spacial score (nSPS) is 10.9. The molecule has 0 bridgehead atoms. The average molecular weight is 379 g/mol. The van der Waals surface area contributed by atoms with E-state index >= 15 is 0 Å². The second-order valence-electron chi connectivity index (χ2n) is 7.04. The van der Waals surface area contributed by atoms with Crippen molar-refractivity contribution >= 4 is 11.6 Å². The summed E-state index contributed by atoms with van der Waals surface area (Å²) in [5.41, 5.74) is 3.65. The molecule has 1 heterocycles. The van der Waals surface area contributed by atoms with Gasteiger partial charge in [0.1, 0.15) is 23.9 Å². The molecule has 0 saturated carbocycles. The van der Waals surface area contributed by atoms with Gasteiger partial charge in [0, 0.05) is 11.3 Å². The molecule has 0 atom stereocenters. The fourth-order valence-electron chi connectivity index (χ4n) is 2.95. The van der Waals surface area contributed by atoms with Gasteiger partial charge in [-0.2, -0.15) is 0 Å². The van der Waals surface area contributed by atoms with Gasteiger partial charge in [-0.25, -0.2) is 0 Å². The summed E-state index contributed by atoms with van der Waals surface area (Å²) in [5.74, 6) is 1.96. The van der Waals surface area contributed by atoms with Crippen molar-refractivity contribution in [3.63, 3.8) is 0 Å². The molecule has 0 spiro atoms. The number of furan rings is 1. The number of benzene rings is 2. The molecule has 3 aromatic rings. The van der Waals surface area contributed by atoms with Gasteiger partial charge in [-0.3, -0.25) is 4.79 Å². The van der Waals surface area contributed by atoms with E-state index in [9.17, 15) is 4.79 Å². The zero-order valence-electron chi connectivity index (χ0n) is 16.4. The number of ether oxygens (including phenoxy) is 1. The number of carbonyl (C=O) groups is 1. The summed E-state index contributed by atoms with van der Waals surface area (Å²) in [7, 11) is 0. The van der Waals surface area contributed by atoms with Crippen molar-refractivity contribution < 1.29 is 19.1 Å². The number of anilines is 1. The molecule has 0 fully saturated rings. The maximum Gasteiger partial charge on any atom is 0.262 e. The van der Waals surface area contributed by atoms with Crippen LogP contribution in [0.5, 0.6) is 5.75 Å². The van der Waals surface area contributed by atoms with E-state index in [4.69, 9.17) is 14.3 Å². The Kier molecular flexibility index (Phi) is 6.16. The smallest absolute Gasteiger partial charge is 0.262 e. The summed E-state index contributed by atoms with van der Waals surface area (Å²) < 4.78 is 11.3. The number of nitrogens with one attached hydrogen (secondary N) is 1. The summed E-state index contributed by atoms with van der Waals surface area (Å²) in [4.78, 5) is 12.4. The van der Waals surface area contributed by atoms with Crippen LogP contribution in [-0.2, 0) is 11.4 Å². The summed E-state index contributed by atoms with van der Waals surface area (Å²) in [5, 5.41) is 12.0. The van der Waals surface area contributed by atoms with Gasteiger partial charge in [0.2, 0.25) is 0 Å². The lowest BCUT2D eigenvalue weighted by Gasteiger charge is -2.15. The molecule has 146 valence electrons. The quantitative estimate of drug-likeness (QED) is 0.613. The second kappa shape index (κ2) is 8.76. The van der Waals surface area contributed by atoms with E-state index in [0.29, 0.717) is 23.1 Å². The molecular formula is C23H25NO4. The number of aliphatic hydroxyl groups is 1. The van der Waals surface area contributed by atoms with Crippen LogP contribution in [0.3, 0.4) is 0 Å². The van der Waals surface area contributed by atoms with Crippen LogP contribution >= 0.6 is 0 Å². The van der Waals surface area contributed by atoms with Crippen LogP contribution in [0.15, 0.2) is 59.0 Å². The van der Waals surface area contributed by atoms with Gasteiger partial charge in [-0.05, 0) is 54.3 Å². The van der Waals surface area contributed by atoms with E-state index in [1.807, 2.05) is 49.4 Å². The fourth-order valence-corrected chi connectivity index (χ4v) is 2.95. The lowest BCUT2D eigenvalue weighted by Crippen LogP contribution is -2.20. The van der Waals surface area contributed by atoms with E-state index in [0.717, 1.165) is 22.4 Å². The highest BCUT2D eigenvalue weighted by molar-refractivity contribution is 5.92. The monoisotopic (exact) mass is 379 g/mol. The van der Waals surface area contributed by atoms with Gasteiger partial charge in [0.05, 0.1) is 0 Å². The van der Waals surface area contributed by atoms with Gasteiger partial charge < -0.3 is 19.6 Å². The van der Waals surface area contributed by atoms with Crippen molar-refractivity contribution in [1.29, 1.82) is 0 Å². The molecule has 28 heavy (non-hydrogen) atoms. The molecule has 2 N–H and O–H groups in total. The Morgan fingerprint density at radius 1 is 1.14 bits per heavy atom. The minimum Gasteiger partial charge on any atom is -0.483 e. The lowest BCUT2D eigenvalue weighted by molar-refractivity contribution is -0.118. The maximum absolute atomic E-state index is 12.4. The highest BCUT2D eigenvalue weighted by atomic mass is 16.5. The molecule has 0 unspecified atom stereocenters. The van der Waals surface area contributed by atoms with E-state index in [1.54, 1.807) is 12.1 Å². The lowest BCUT2D eigenvalue weighted by atomic mass is 10.0. The van der Waals surface area contributed by atoms with Crippen LogP contribution in [0.4, 0.5) is 5.69 Å². The SMILES string of the molecule is Cc1ccc(C(C)C)c(OCC(=O)Nc2cccc(-c3ccc(CO)o3)c2)c1. The molecule has 0 radical (unpaired) electrons. The van der Waals surface area contributed by atoms with E-state index in [-0.39, 0.29) is 19.1 Å². The molecule has 0 saturated heterocycles. The Balaban J connectivity index is 1.66. The molecule has 3 rings (SSSR count). The highest BCUT2D eigenvalue weighted by Crippen LogP contribution is 2.28. The number of hydrogen-bond donors (Lipinski definition) is 2. The largest absolute Gasteiger partial charge is 0.483 e. The van der Waals surface area contributed by atoms with Crippen LogP contribution in [0.2, 0.25) is 0 Å². The van der Waals surface area contributed by atoms with Crippen LogP contribution in [0.1, 0.15) is 36.7 Å². The number of aliphatic hydroxyl groups excluding tert-OH is 1. The Morgan fingerprint density at radius 2 is 1.96 bits per heavy atom. The molecule has 2 aromatic carbocycles. The number of hydrogen-bond acceptors (Lipinski definition) is 4. The molecule has 5 nitrogen and oxygen atoms in total. The topological polar surface area (TPSA) is 71.7 Å². The summed E-state index contributed by atoms with van der Waals surface area (Å²) in [6, 6.07) is 16.9. The third-order valence-electron chi connectivity index (χ3n) is 4.40. The van der Waals surface area contributed by atoms with Gasteiger partial charge in [0.15, 0.2) is 6.61 Å². The van der Waals surface area contributed by atoms with Gasteiger partial charge >= 0.3 is 0 Å². The zero-order chi connectivity index (χ0) is 20.1. The molecular weight excluding hydrogens is 354 g/mol. The molecule has 0 aliphatic carbocycles. The molecule has 5 heteroatoms. The standard InChI is InChI=1S/C23H25NO4/c1-15(2)20-9-7-16(3)11-22(20)27-14-23(26)24-18-6-4-5-17(12-18)21-10-8-19(13-25)28-21/h4-12,15,25H,13-14H2,1-3H3,(H,24,26). The average Bonchev–Trinajstić information content (AvgIpc) is 3.16. The third kappa shape index (κ3) is 4.81. The fraction of sp³-hybridized carbons (Fsp3) is 0.261. The highest BCUT2D eigenvalue weighted by Gasteiger charge is 2.11. The third-order valence-corrected chi connectivity index (χ3v) is 4.40. The predicted molar refractivity (Wildman–Crippen MR) is 109 cm³/mol. The van der Waals surface area contributed by atoms with Crippen molar-refractivity contribution in [2.45, 2.75) is 33.3 Å². The Labute approximate surface area is 165 Å². The molecule has 0 aliphatic rings.